The van der Waals surface area contributed by atoms with Crippen molar-refractivity contribution in [3.8, 4) is 22.8 Å². The fourth-order valence-corrected chi connectivity index (χ4v) is 3.24. The van der Waals surface area contributed by atoms with Gasteiger partial charge in [0.25, 0.3) is 0 Å². The SMILES string of the molecule is O=c1[nH]c(-c2cc(-c3ccc(C4(C(F)(F)F)CC4)c(Cl)c3)ncn2)no1. The van der Waals surface area contributed by atoms with Crippen molar-refractivity contribution in [2.45, 2.75) is 24.4 Å². The van der Waals surface area contributed by atoms with Crippen LogP contribution in [0.15, 0.2) is 39.9 Å². The van der Waals surface area contributed by atoms with E-state index >= 15 is 0 Å². The topological polar surface area (TPSA) is 84.7 Å². The molecule has 0 aliphatic heterocycles. The van der Waals surface area contributed by atoms with E-state index in [1.165, 1.54) is 30.6 Å². The minimum Gasteiger partial charge on any atom is -0.296 e. The predicted octanol–water partition coefficient (Wildman–Crippen LogP) is 3.73. The molecule has 1 saturated carbocycles. The quantitative estimate of drug-likeness (QED) is 0.746. The first-order valence-electron chi connectivity index (χ1n) is 7.56. The molecule has 0 saturated heterocycles. The Morgan fingerprint density at radius 2 is 1.88 bits per heavy atom. The van der Waals surface area contributed by atoms with Crippen molar-refractivity contribution in [2.75, 3.05) is 0 Å². The van der Waals surface area contributed by atoms with Gasteiger partial charge in [-0.05, 0) is 30.5 Å². The van der Waals surface area contributed by atoms with Crippen LogP contribution in [-0.2, 0) is 5.41 Å². The molecule has 0 atom stereocenters. The highest BCUT2D eigenvalue weighted by Gasteiger charge is 2.64. The van der Waals surface area contributed by atoms with Crippen LogP contribution in [0.25, 0.3) is 22.8 Å². The lowest BCUT2D eigenvalue weighted by Crippen LogP contribution is -2.28. The zero-order chi connectivity index (χ0) is 18.5. The number of nitrogens with zero attached hydrogens (tertiary/aromatic N) is 3. The smallest absolute Gasteiger partial charge is 0.296 e. The van der Waals surface area contributed by atoms with Crippen LogP contribution in [0.1, 0.15) is 18.4 Å². The molecule has 26 heavy (non-hydrogen) atoms. The first kappa shape index (κ1) is 16.8. The Bertz CT molecular complexity index is 1040. The van der Waals surface area contributed by atoms with E-state index < -0.39 is 17.3 Å². The van der Waals surface area contributed by atoms with Gasteiger partial charge in [0.2, 0.25) is 5.82 Å². The maximum atomic E-state index is 13.3. The standard InChI is InChI=1S/C16H10ClF3N4O2/c17-10-5-8(1-2-9(10)15(3-4-15)16(18,19)20)11-6-12(22-7-21-11)13-23-14(25)26-24-13/h1-2,5-7H,3-4H2,(H,23,24,25). The number of halogens is 4. The first-order valence-corrected chi connectivity index (χ1v) is 7.93. The second-order valence-corrected chi connectivity index (χ2v) is 6.41. The van der Waals surface area contributed by atoms with Crippen molar-refractivity contribution in [1.29, 1.82) is 0 Å². The Morgan fingerprint density at radius 3 is 2.46 bits per heavy atom. The molecule has 0 spiro atoms. The Balaban J connectivity index is 1.72. The number of aromatic nitrogens is 4. The second-order valence-electron chi connectivity index (χ2n) is 6.01. The fourth-order valence-electron chi connectivity index (χ4n) is 2.88. The van der Waals surface area contributed by atoms with E-state index in [1.807, 2.05) is 0 Å². The Labute approximate surface area is 149 Å². The van der Waals surface area contributed by atoms with Gasteiger partial charge in [-0.1, -0.05) is 28.9 Å². The Hall–Kier alpha value is -2.68. The fraction of sp³-hybridized carbons (Fsp3) is 0.250. The van der Waals surface area contributed by atoms with Crippen LogP contribution < -0.4 is 5.76 Å². The van der Waals surface area contributed by atoms with Crippen molar-refractivity contribution in [3.63, 3.8) is 0 Å². The van der Waals surface area contributed by atoms with Crippen LogP contribution in [0.3, 0.4) is 0 Å². The van der Waals surface area contributed by atoms with Gasteiger partial charge in [-0.2, -0.15) is 13.2 Å². The average molecular weight is 383 g/mol. The largest absolute Gasteiger partial charge is 0.439 e. The summed E-state index contributed by atoms with van der Waals surface area (Å²) in [5.74, 6) is -0.607. The molecule has 0 amide bonds. The maximum Gasteiger partial charge on any atom is 0.439 e. The summed E-state index contributed by atoms with van der Waals surface area (Å²) in [5.41, 5.74) is -0.532. The molecule has 1 fully saturated rings. The van der Waals surface area contributed by atoms with Gasteiger partial charge in [0.1, 0.15) is 12.0 Å². The summed E-state index contributed by atoms with van der Waals surface area (Å²) in [6, 6.07) is 5.89. The minimum absolute atomic E-state index is 0.0345. The number of nitrogens with one attached hydrogen (secondary N) is 1. The van der Waals surface area contributed by atoms with Gasteiger partial charge in [-0.15, -0.1) is 0 Å². The summed E-state index contributed by atoms with van der Waals surface area (Å²) in [6.07, 6.45) is -3.02. The summed E-state index contributed by atoms with van der Waals surface area (Å²) in [5, 5.41) is 3.57. The van der Waals surface area contributed by atoms with Gasteiger partial charge in [-0.3, -0.25) is 9.51 Å². The summed E-state index contributed by atoms with van der Waals surface area (Å²) in [7, 11) is 0. The van der Waals surface area contributed by atoms with Crippen molar-refractivity contribution >= 4 is 11.6 Å². The number of benzene rings is 1. The number of rotatable bonds is 3. The van der Waals surface area contributed by atoms with E-state index in [-0.39, 0.29) is 29.3 Å². The van der Waals surface area contributed by atoms with Gasteiger partial charge >= 0.3 is 11.9 Å². The van der Waals surface area contributed by atoms with Crippen LogP contribution in [0.4, 0.5) is 13.2 Å². The van der Waals surface area contributed by atoms with Gasteiger partial charge < -0.3 is 0 Å². The molecule has 10 heteroatoms. The van der Waals surface area contributed by atoms with E-state index in [2.05, 4.69) is 24.6 Å². The van der Waals surface area contributed by atoms with Crippen molar-refractivity contribution in [2.24, 2.45) is 0 Å². The molecule has 1 N–H and O–H groups in total. The predicted molar refractivity (Wildman–Crippen MR) is 85.6 cm³/mol. The average Bonchev–Trinajstić information content (AvgIpc) is 3.30. The van der Waals surface area contributed by atoms with Crippen LogP contribution >= 0.6 is 11.6 Å². The van der Waals surface area contributed by atoms with Crippen molar-refractivity contribution in [1.82, 2.24) is 20.1 Å². The van der Waals surface area contributed by atoms with E-state index in [4.69, 9.17) is 11.6 Å². The number of hydrogen-bond donors (Lipinski definition) is 1. The van der Waals surface area contributed by atoms with Crippen molar-refractivity contribution < 1.29 is 17.7 Å². The zero-order valence-corrected chi connectivity index (χ0v) is 13.7. The zero-order valence-electron chi connectivity index (χ0n) is 13.0. The molecule has 1 aliphatic rings. The Kier molecular flexibility index (Phi) is 3.65. The number of hydrogen-bond acceptors (Lipinski definition) is 5. The monoisotopic (exact) mass is 382 g/mol. The van der Waals surface area contributed by atoms with E-state index in [0.29, 0.717) is 17.0 Å². The molecule has 1 aromatic carbocycles. The van der Waals surface area contributed by atoms with E-state index in [0.717, 1.165) is 0 Å². The highest BCUT2D eigenvalue weighted by Crippen LogP contribution is 2.60. The molecular weight excluding hydrogens is 373 g/mol. The molecular formula is C16H10ClF3N4O2. The van der Waals surface area contributed by atoms with Gasteiger partial charge in [-0.25, -0.2) is 14.8 Å². The van der Waals surface area contributed by atoms with Crippen LogP contribution in [0.5, 0.6) is 0 Å². The van der Waals surface area contributed by atoms with Gasteiger partial charge in [0.05, 0.1) is 11.1 Å². The molecule has 0 radical (unpaired) electrons. The third-order valence-electron chi connectivity index (χ3n) is 4.42. The number of alkyl halides is 3. The minimum atomic E-state index is -4.33. The molecule has 0 unspecified atom stereocenters. The summed E-state index contributed by atoms with van der Waals surface area (Å²) < 4.78 is 44.3. The molecule has 1 aliphatic carbocycles. The van der Waals surface area contributed by atoms with Gasteiger partial charge in [0.15, 0.2) is 0 Å². The van der Waals surface area contributed by atoms with E-state index in [1.54, 1.807) is 0 Å². The molecule has 2 heterocycles. The van der Waals surface area contributed by atoms with Crippen LogP contribution in [-0.4, -0.2) is 26.3 Å². The molecule has 0 bridgehead atoms. The lowest BCUT2D eigenvalue weighted by Gasteiger charge is -2.21. The van der Waals surface area contributed by atoms with Crippen molar-refractivity contribution in [3.05, 3.63) is 51.7 Å². The molecule has 6 nitrogen and oxygen atoms in total. The third kappa shape index (κ3) is 2.68. The summed E-state index contributed by atoms with van der Waals surface area (Å²) in [6.45, 7) is 0. The first-order chi connectivity index (χ1) is 12.3. The highest BCUT2D eigenvalue weighted by molar-refractivity contribution is 6.31. The lowest BCUT2D eigenvalue weighted by molar-refractivity contribution is -0.160. The Morgan fingerprint density at radius 1 is 1.15 bits per heavy atom. The summed E-state index contributed by atoms with van der Waals surface area (Å²) >= 11 is 6.15. The number of H-pyrrole nitrogens is 1. The lowest BCUT2D eigenvalue weighted by atomic mass is 9.93. The maximum absolute atomic E-state index is 13.3. The van der Waals surface area contributed by atoms with E-state index in [9.17, 15) is 18.0 Å². The van der Waals surface area contributed by atoms with Crippen LogP contribution in [0.2, 0.25) is 5.02 Å². The summed E-state index contributed by atoms with van der Waals surface area (Å²) in [4.78, 5) is 21.5. The van der Waals surface area contributed by atoms with Crippen LogP contribution in [0, 0.1) is 0 Å². The highest BCUT2D eigenvalue weighted by atomic mass is 35.5. The molecule has 4 rings (SSSR count). The normalized spacial score (nSPS) is 15.8. The second kappa shape index (κ2) is 5.66. The third-order valence-corrected chi connectivity index (χ3v) is 4.74. The van der Waals surface area contributed by atoms with Gasteiger partial charge in [0, 0.05) is 10.6 Å². The molecule has 3 aromatic rings. The molecule has 2 aromatic heterocycles. The number of aromatic amines is 1. The molecule has 134 valence electrons.